The Balaban J connectivity index is 1.62. The number of ether oxygens (including phenoxy) is 1. The smallest absolute Gasteiger partial charge is 0.318 e. The van der Waals surface area contributed by atoms with Crippen LogP contribution in [0, 0.1) is 6.92 Å². The first-order chi connectivity index (χ1) is 12.1. The molecule has 134 valence electrons. The lowest BCUT2D eigenvalue weighted by molar-refractivity contribution is 0.189. The third-order valence-electron chi connectivity index (χ3n) is 4.54. The lowest BCUT2D eigenvalue weighted by Gasteiger charge is -2.24. The van der Waals surface area contributed by atoms with Crippen molar-refractivity contribution in [3.8, 4) is 5.75 Å². The predicted octanol–water partition coefficient (Wildman–Crippen LogP) is 2.57. The second-order valence-electron chi connectivity index (χ2n) is 6.34. The van der Waals surface area contributed by atoms with E-state index in [9.17, 15) is 4.79 Å². The van der Waals surface area contributed by atoms with E-state index >= 15 is 0 Å². The molecule has 2 heterocycles. The molecular weight excluding hydrogens is 318 g/mol. The Labute approximate surface area is 148 Å². The van der Waals surface area contributed by atoms with Crippen LogP contribution in [0.25, 0.3) is 0 Å². The molecule has 0 spiro atoms. The van der Waals surface area contributed by atoms with Crippen LogP contribution in [0.2, 0.25) is 0 Å². The van der Waals surface area contributed by atoms with Crippen molar-refractivity contribution in [3.63, 3.8) is 0 Å². The predicted molar refractivity (Wildman–Crippen MR) is 94.3 cm³/mol. The molecular formula is C18H25N5O2. The Kier molecular flexibility index (Phi) is 5.21. The molecule has 1 aliphatic rings. The molecule has 1 aromatic heterocycles. The average molecular weight is 343 g/mol. The van der Waals surface area contributed by atoms with Gasteiger partial charge in [-0.25, -0.2) is 4.79 Å². The fourth-order valence-electron chi connectivity index (χ4n) is 3.29. The number of benzene rings is 1. The van der Waals surface area contributed by atoms with Crippen LogP contribution in [0.5, 0.6) is 5.75 Å². The van der Waals surface area contributed by atoms with Gasteiger partial charge in [-0.3, -0.25) is 0 Å². The van der Waals surface area contributed by atoms with E-state index < -0.39 is 0 Å². The van der Waals surface area contributed by atoms with Crippen molar-refractivity contribution in [3.05, 3.63) is 41.5 Å². The maximum Gasteiger partial charge on any atom is 0.318 e. The lowest BCUT2D eigenvalue weighted by atomic mass is 10.1. The molecule has 1 fully saturated rings. The van der Waals surface area contributed by atoms with Crippen molar-refractivity contribution >= 4 is 6.03 Å². The van der Waals surface area contributed by atoms with Crippen LogP contribution in [0.3, 0.4) is 0 Å². The number of hydrogen-bond donors (Lipinski definition) is 1. The topological polar surface area (TPSA) is 72.3 Å². The minimum Gasteiger partial charge on any atom is -0.494 e. The van der Waals surface area contributed by atoms with Gasteiger partial charge >= 0.3 is 6.03 Å². The van der Waals surface area contributed by atoms with Crippen molar-refractivity contribution in [2.24, 2.45) is 7.05 Å². The number of hydrogen-bond acceptors (Lipinski definition) is 4. The zero-order valence-corrected chi connectivity index (χ0v) is 15.0. The van der Waals surface area contributed by atoms with Crippen molar-refractivity contribution < 1.29 is 9.53 Å². The van der Waals surface area contributed by atoms with Gasteiger partial charge in [0.05, 0.1) is 12.6 Å². The van der Waals surface area contributed by atoms with Gasteiger partial charge in [0.25, 0.3) is 0 Å². The highest BCUT2D eigenvalue weighted by Gasteiger charge is 2.32. The monoisotopic (exact) mass is 343 g/mol. The van der Waals surface area contributed by atoms with E-state index in [1.54, 1.807) is 6.33 Å². The Hall–Kier alpha value is -2.57. The number of aromatic nitrogens is 3. The van der Waals surface area contributed by atoms with Gasteiger partial charge in [-0.1, -0.05) is 12.1 Å². The first-order valence-electron chi connectivity index (χ1n) is 8.70. The summed E-state index contributed by atoms with van der Waals surface area (Å²) in [6.07, 6.45) is 3.57. The van der Waals surface area contributed by atoms with Crippen LogP contribution >= 0.6 is 0 Å². The maximum absolute atomic E-state index is 12.6. The van der Waals surface area contributed by atoms with Crippen molar-refractivity contribution in [1.29, 1.82) is 0 Å². The van der Waals surface area contributed by atoms with E-state index in [1.807, 2.05) is 42.5 Å². The molecule has 0 saturated carbocycles. The standard InChI is InChI=1S/C18H25N5O2/c1-4-25-16-8-7-14(10-13(16)2)11-19-18(24)23-9-5-6-15(23)17-21-20-12-22(17)3/h7-8,10,12,15H,4-6,9,11H2,1-3H3,(H,19,24). The molecule has 3 rings (SSSR count). The minimum absolute atomic E-state index is 0.00503. The number of carbonyl (C=O) groups excluding carboxylic acids is 1. The van der Waals surface area contributed by atoms with Gasteiger partial charge in [-0.15, -0.1) is 10.2 Å². The van der Waals surface area contributed by atoms with E-state index in [2.05, 4.69) is 21.6 Å². The molecule has 1 aromatic carbocycles. The molecule has 1 N–H and O–H groups in total. The number of carbonyl (C=O) groups is 1. The summed E-state index contributed by atoms with van der Waals surface area (Å²) in [6, 6.07) is 5.93. The number of aryl methyl sites for hydroxylation is 2. The molecule has 1 unspecified atom stereocenters. The van der Waals surface area contributed by atoms with Gasteiger partial charge in [0, 0.05) is 20.1 Å². The Morgan fingerprint density at radius 2 is 2.28 bits per heavy atom. The van der Waals surface area contributed by atoms with E-state index in [1.165, 1.54) is 0 Å². The summed E-state index contributed by atoms with van der Waals surface area (Å²) in [7, 11) is 1.91. The molecule has 7 nitrogen and oxygen atoms in total. The van der Waals surface area contributed by atoms with Crippen LogP contribution in [-0.2, 0) is 13.6 Å². The Morgan fingerprint density at radius 1 is 1.44 bits per heavy atom. The largest absolute Gasteiger partial charge is 0.494 e. The number of nitrogens with zero attached hydrogens (tertiary/aromatic N) is 4. The Morgan fingerprint density at radius 3 is 2.96 bits per heavy atom. The van der Waals surface area contributed by atoms with Crippen molar-refractivity contribution in [2.75, 3.05) is 13.2 Å². The summed E-state index contributed by atoms with van der Waals surface area (Å²) < 4.78 is 7.44. The van der Waals surface area contributed by atoms with Gasteiger partial charge in [0.1, 0.15) is 12.1 Å². The second-order valence-corrected chi connectivity index (χ2v) is 6.34. The summed E-state index contributed by atoms with van der Waals surface area (Å²) in [5, 5.41) is 11.1. The summed E-state index contributed by atoms with van der Waals surface area (Å²) in [5.41, 5.74) is 2.13. The summed E-state index contributed by atoms with van der Waals surface area (Å²) >= 11 is 0. The molecule has 1 aliphatic heterocycles. The van der Waals surface area contributed by atoms with E-state index in [0.29, 0.717) is 13.2 Å². The number of rotatable bonds is 5. The first kappa shape index (κ1) is 17.3. The average Bonchev–Trinajstić information content (AvgIpc) is 3.23. The number of likely N-dealkylation sites (tertiary alicyclic amines) is 1. The minimum atomic E-state index is -0.0583. The normalized spacial score (nSPS) is 16.9. The maximum atomic E-state index is 12.6. The highest BCUT2D eigenvalue weighted by atomic mass is 16.5. The van der Waals surface area contributed by atoms with Gasteiger partial charge in [0.2, 0.25) is 0 Å². The van der Waals surface area contributed by atoms with Gasteiger partial charge < -0.3 is 19.5 Å². The van der Waals surface area contributed by atoms with Crippen LogP contribution < -0.4 is 10.1 Å². The molecule has 1 saturated heterocycles. The summed E-state index contributed by atoms with van der Waals surface area (Å²) in [5.74, 6) is 1.73. The summed E-state index contributed by atoms with van der Waals surface area (Å²) in [6.45, 7) is 5.87. The molecule has 7 heteroatoms. The zero-order valence-electron chi connectivity index (χ0n) is 15.0. The number of amides is 2. The van der Waals surface area contributed by atoms with E-state index in [-0.39, 0.29) is 12.1 Å². The van der Waals surface area contributed by atoms with Crippen LogP contribution in [-0.4, -0.2) is 38.8 Å². The molecule has 2 aromatic rings. The Bertz CT molecular complexity index is 743. The molecule has 2 amide bonds. The van der Waals surface area contributed by atoms with Crippen molar-refractivity contribution in [2.45, 2.75) is 39.3 Å². The molecule has 25 heavy (non-hydrogen) atoms. The molecule has 0 radical (unpaired) electrons. The summed E-state index contributed by atoms with van der Waals surface area (Å²) in [4.78, 5) is 14.5. The molecule has 0 bridgehead atoms. The van der Waals surface area contributed by atoms with Crippen molar-refractivity contribution in [1.82, 2.24) is 25.0 Å². The SMILES string of the molecule is CCOc1ccc(CNC(=O)N2CCCC2c2nncn2C)cc1C. The fourth-order valence-corrected chi connectivity index (χ4v) is 3.29. The lowest BCUT2D eigenvalue weighted by Crippen LogP contribution is -2.39. The van der Waals surface area contributed by atoms with Gasteiger partial charge in [-0.2, -0.15) is 0 Å². The quantitative estimate of drug-likeness (QED) is 0.906. The first-order valence-corrected chi connectivity index (χ1v) is 8.70. The highest BCUT2D eigenvalue weighted by molar-refractivity contribution is 5.75. The number of nitrogens with one attached hydrogen (secondary N) is 1. The number of urea groups is 1. The van der Waals surface area contributed by atoms with Crippen LogP contribution in [0.15, 0.2) is 24.5 Å². The molecule has 0 aliphatic carbocycles. The van der Waals surface area contributed by atoms with E-state index in [0.717, 1.165) is 42.1 Å². The van der Waals surface area contributed by atoms with Crippen LogP contribution in [0.4, 0.5) is 4.79 Å². The third kappa shape index (κ3) is 3.75. The molecule has 1 atom stereocenters. The van der Waals surface area contributed by atoms with Gasteiger partial charge in [0.15, 0.2) is 5.82 Å². The zero-order chi connectivity index (χ0) is 17.8. The van der Waals surface area contributed by atoms with Crippen LogP contribution in [0.1, 0.15) is 42.8 Å². The second kappa shape index (κ2) is 7.55. The highest BCUT2D eigenvalue weighted by Crippen LogP contribution is 2.30. The fraction of sp³-hybridized carbons (Fsp3) is 0.500. The van der Waals surface area contributed by atoms with Gasteiger partial charge in [-0.05, 0) is 43.9 Å². The van der Waals surface area contributed by atoms with E-state index in [4.69, 9.17) is 4.74 Å². The third-order valence-corrected chi connectivity index (χ3v) is 4.54.